The van der Waals surface area contributed by atoms with Gasteiger partial charge in [0.15, 0.2) is 13.2 Å². The molecule has 0 fully saturated rings. The van der Waals surface area contributed by atoms with Gasteiger partial charge < -0.3 is 24.1 Å². The Morgan fingerprint density at radius 2 is 1.75 bits per heavy atom. The summed E-state index contributed by atoms with van der Waals surface area (Å²) in [7, 11) is 1.56. The van der Waals surface area contributed by atoms with E-state index in [0.29, 0.717) is 5.76 Å². The van der Waals surface area contributed by atoms with Crippen molar-refractivity contribution in [3.8, 4) is 5.75 Å². The molecule has 0 saturated carbocycles. The zero-order valence-electron chi connectivity index (χ0n) is 17.2. The molecule has 0 aliphatic heterocycles. The molecule has 1 aromatic heterocycles. The molecule has 2 aromatic carbocycles. The van der Waals surface area contributed by atoms with Crippen LogP contribution in [0.25, 0.3) is 0 Å². The van der Waals surface area contributed by atoms with Gasteiger partial charge in [0.1, 0.15) is 22.9 Å². The summed E-state index contributed by atoms with van der Waals surface area (Å²) < 4.78 is 29.3. The van der Waals surface area contributed by atoms with Gasteiger partial charge in [-0.3, -0.25) is 9.59 Å². The van der Waals surface area contributed by atoms with E-state index in [1.165, 1.54) is 41.5 Å². The topological polar surface area (TPSA) is 98.1 Å². The second kappa shape index (κ2) is 10.8. The number of halogens is 1. The quantitative estimate of drug-likeness (QED) is 0.513. The lowest BCUT2D eigenvalue weighted by Crippen LogP contribution is -2.30. The Bertz CT molecular complexity index is 1080. The van der Waals surface area contributed by atoms with Gasteiger partial charge >= 0.3 is 5.97 Å². The molecule has 0 aliphatic rings. The fraction of sp³-hybridized carbons (Fsp3) is 0.174. The van der Waals surface area contributed by atoms with E-state index in [0.717, 1.165) is 0 Å². The third kappa shape index (κ3) is 6.18. The van der Waals surface area contributed by atoms with Crippen molar-refractivity contribution in [2.75, 3.05) is 25.6 Å². The third-order valence-electron chi connectivity index (χ3n) is 4.34. The predicted octanol–water partition coefficient (Wildman–Crippen LogP) is 3.25. The molecule has 0 saturated heterocycles. The first kappa shape index (κ1) is 22.5. The van der Waals surface area contributed by atoms with Gasteiger partial charge in [0.25, 0.3) is 11.8 Å². The minimum absolute atomic E-state index is 0.0194. The molecule has 0 atom stereocenters. The highest BCUT2D eigenvalue weighted by molar-refractivity contribution is 5.95. The van der Waals surface area contributed by atoms with E-state index < -0.39 is 36.8 Å². The van der Waals surface area contributed by atoms with Gasteiger partial charge in [-0.2, -0.15) is 0 Å². The van der Waals surface area contributed by atoms with Crippen LogP contribution in [0.2, 0.25) is 0 Å². The Hall–Kier alpha value is -4.14. The summed E-state index contributed by atoms with van der Waals surface area (Å²) >= 11 is 0. The SMILES string of the molecule is CN(Cc1ccco1)C(=O)COC(=O)c1ccccc1OCC(=O)Nc1ccccc1F. The highest BCUT2D eigenvalue weighted by atomic mass is 19.1. The Morgan fingerprint density at radius 3 is 2.50 bits per heavy atom. The average Bonchev–Trinajstić information content (AvgIpc) is 3.30. The first-order valence-electron chi connectivity index (χ1n) is 9.63. The Balaban J connectivity index is 1.53. The molecule has 1 heterocycles. The number of amides is 2. The van der Waals surface area contributed by atoms with Crippen LogP contribution in [0.3, 0.4) is 0 Å². The predicted molar refractivity (Wildman–Crippen MR) is 112 cm³/mol. The van der Waals surface area contributed by atoms with Crippen molar-refractivity contribution in [1.82, 2.24) is 4.90 Å². The summed E-state index contributed by atoms with van der Waals surface area (Å²) in [5.74, 6) is -1.69. The van der Waals surface area contributed by atoms with E-state index in [4.69, 9.17) is 13.9 Å². The van der Waals surface area contributed by atoms with Gasteiger partial charge in [-0.25, -0.2) is 9.18 Å². The number of hydrogen-bond acceptors (Lipinski definition) is 6. The Morgan fingerprint density at radius 1 is 1.00 bits per heavy atom. The number of benzene rings is 2. The summed E-state index contributed by atoms with van der Waals surface area (Å²) in [6.07, 6.45) is 1.50. The molecule has 0 radical (unpaired) electrons. The van der Waals surface area contributed by atoms with Crippen LogP contribution in [0.5, 0.6) is 5.75 Å². The number of furan rings is 1. The summed E-state index contributed by atoms with van der Waals surface area (Å²) in [5.41, 5.74) is 0.0682. The maximum atomic E-state index is 13.6. The van der Waals surface area contributed by atoms with Crippen LogP contribution in [0, 0.1) is 5.82 Å². The van der Waals surface area contributed by atoms with Gasteiger partial charge in [-0.05, 0) is 36.4 Å². The molecule has 3 aromatic rings. The molecule has 0 aliphatic carbocycles. The molecule has 1 N–H and O–H groups in total. The maximum absolute atomic E-state index is 13.6. The number of rotatable bonds is 9. The largest absolute Gasteiger partial charge is 0.483 e. The number of carbonyl (C=O) groups is 3. The van der Waals surface area contributed by atoms with Crippen LogP contribution < -0.4 is 10.1 Å². The number of nitrogens with one attached hydrogen (secondary N) is 1. The number of nitrogens with zero attached hydrogens (tertiary/aromatic N) is 1. The fourth-order valence-electron chi connectivity index (χ4n) is 2.69. The van der Waals surface area contributed by atoms with E-state index in [9.17, 15) is 18.8 Å². The minimum atomic E-state index is -0.783. The number of esters is 1. The number of carbonyl (C=O) groups excluding carboxylic acids is 3. The van der Waals surface area contributed by atoms with E-state index in [-0.39, 0.29) is 23.5 Å². The normalized spacial score (nSPS) is 10.3. The molecule has 166 valence electrons. The fourth-order valence-corrected chi connectivity index (χ4v) is 2.69. The van der Waals surface area contributed by atoms with Crippen LogP contribution in [-0.2, 0) is 20.9 Å². The number of hydrogen-bond donors (Lipinski definition) is 1. The van der Waals surface area contributed by atoms with Gasteiger partial charge in [0.2, 0.25) is 0 Å². The van der Waals surface area contributed by atoms with Crippen molar-refractivity contribution in [3.05, 3.63) is 84.1 Å². The number of likely N-dealkylation sites (N-methyl/N-ethyl adjacent to an activating group) is 1. The molecule has 2 amide bonds. The monoisotopic (exact) mass is 440 g/mol. The molecular weight excluding hydrogens is 419 g/mol. The summed E-state index contributed by atoms with van der Waals surface area (Å²) in [6, 6.07) is 15.3. The maximum Gasteiger partial charge on any atom is 0.342 e. The highest BCUT2D eigenvalue weighted by Crippen LogP contribution is 2.19. The summed E-state index contributed by atoms with van der Waals surface area (Å²) in [6.45, 7) is -0.693. The lowest BCUT2D eigenvalue weighted by Gasteiger charge is -2.16. The lowest BCUT2D eigenvalue weighted by molar-refractivity contribution is -0.134. The van der Waals surface area contributed by atoms with Crippen molar-refractivity contribution in [2.24, 2.45) is 0 Å². The van der Waals surface area contributed by atoms with Crippen molar-refractivity contribution in [2.45, 2.75) is 6.54 Å². The Labute approximate surface area is 183 Å². The molecule has 0 spiro atoms. The van der Waals surface area contributed by atoms with Crippen LogP contribution in [0.15, 0.2) is 71.3 Å². The van der Waals surface area contributed by atoms with Gasteiger partial charge in [-0.1, -0.05) is 24.3 Å². The van der Waals surface area contributed by atoms with Crippen LogP contribution in [-0.4, -0.2) is 42.9 Å². The molecular formula is C23H21FN2O6. The summed E-state index contributed by atoms with van der Waals surface area (Å²) in [4.78, 5) is 38.1. The Kier molecular flexibility index (Phi) is 7.58. The first-order chi connectivity index (χ1) is 15.4. The molecule has 32 heavy (non-hydrogen) atoms. The molecule has 0 unspecified atom stereocenters. The van der Waals surface area contributed by atoms with Gasteiger partial charge in [0.05, 0.1) is 18.5 Å². The van der Waals surface area contributed by atoms with E-state index >= 15 is 0 Å². The zero-order valence-corrected chi connectivity index (χ0v) is 17.2. The summed E-state index contributed by atoms with van der Waals surface area (Å²) in [5, 5.41) is 2.39. The lowest BCUT2D eigenvalue weighted by atomic mass is 10.2. The molecule has 0 bridgehead atoms. The highest BCUT2D eigenvalue weighted by Gasteiger charge is 2.18. The standard InChI is InChI=1S/C23H21FN2O6/c1-26(13-16-7-6-12-30-16)22(28)15-32-23(29)17-8-2-5-11-20(17)31-14-21(27)25-19-10-4-3-9-18(19)24/h2-12H,13-15H2,1H3,(H,25,27). The van der Waals surface area contributed by atoms with Crippen molar-refractivity contribution in [1.29, 1.82) is 0 Å². The number of ether oxygens (including phenoxy) is 2. The molecule has 9 heteroatoms. The van der Waals surface area contributed by atoms with E-state index in [1.807, 2.05) is 0 Å². The third-order valence-corrected chi connectivity index (χ3v) is 4.34. The van der Waals surface area contributed by atoms with Crippen LogP contribution >= 0.6 is 0 Å². The number of anilines is 1. The van der Waals surface area contributed by atoms with Crippen molar-refractivity contribution < 1.29 is 32.7 Å². The van der Waals surface area contributed by atoms with Gasteiger partial charge in [-0.15, -0.1) is 0 Å². The van der Waals surface area contributed by atoms with Crippen molar-refractivity contribution in [3.63, 3.8) is 0 Å². The average molecular weight is 440 g/mol. The van der Waals surface area contributed by atoms with E-state index in [1.54, 1.807) is 37.4 Å². The van der Waals surface area contributed by atoms with Crippen LogP contribution in [0.4, 0.5) is 10.1 Å². The molecule has 3 rings (SSSR count). The molecule has 8 nitrogen and oxygen atoms in total. The first-order valence-corrected chi connectivity index (χ1v) is 9.63. The second-order valence-electron chi connectivity index (χ2n) is 6.72. The zero-order chi connectivity index (χ0) is 22.9. The smallest absolute Gasteiger partial charge is 0.342 e. The minimum Gasteiger partial charge on any atom is -0.483 e. The van der Waals surface area contributed by atoms with E-state index in [2.05, 4.69) is 5.32 Å². The van der Waals surface area contributed by atoms with Gasteiger partial charge in [0, 0.05) is 7.05 Å². The number of para-hydroxylation sites is 2. The van der Waals surface area contributed by atoms with Crippen LogP contribution in [0.1, 0.15) is 16.1 Å². The second-order valence-corrected chi connectivity index (χ2v) is 6.72. The van der Waals surface area contributed by atoms with Crippen molar-refractivity contribution >= 4 is 23.5 Å².